The first-order valence-electron chi connectivity index (χ1n) is 9.83. The average Bonchev–Trinajstić information content (AvgIpc) is 3.13. The van der Waals surface area contributed by atoms with Gasteiger partial charge in [-0.1, -0.05) is 98.9 Å². The number of hydrogen-bond acceptors (Lipinski definition) is 2. The van der Waals surface area contributed by atoms with Crippen molar-refractivity contribution in [3.63, 3.8) is 0 Å². The molecule has 6 rings (SSSR count). The fourth-order valence-corrected chi connectivity index (χ4v) is 13.1. The molecule has 0 N–H and O–H groups in total. The summed E-state index contributed by atoms with van der Waals surface area (Å²) in [5.74, 6) is -3.52. The molecule has 0 heterocycles. The van der Waals surface area contributed by atoms with Gasteiger partial charge in [0.1, 0.15) is 19.5 Å². The second-order valence-corrected chi connectivity index (χ2v) is 15.9. The van der Waals surface area contributed by atoms with Gasteiger partial charge in [-0.15, -0.1) is 46.4 Å². The third-order valence-corrected chi connectivity index (χ3v) is 16.9. The van der Waals surface area contributed by atoms with Crippen molar-refractivity contribution in [1.82, 2.24) is 0 Å². The fourth-order valence-electron chi connectivity index (χ4n) is 7.00. The lowest BCUT2D eigenvalue weighted by molar-refractivity contribution is -0.385. The molecule has 0 radical (unpaired) electrons. The molecule has 3 nitrogen and oxygen atoms in total. The Morgan fingerprint density at radius 3 is 1.40 bits per heavy atom. The number of benzene rings is 1. The maximum absolute atomic E-state index is 11.7. The van der Waals surface area contributed by atoms with Crippen LogP contribution in [0, 0.1) is 22.0 Å². The van der Waals surface area contributed by atoms with E-state index in [9.17, 15) is 10.1 Å². The lowest BCUT2D eigenvalue weighted by Gasteiger charge is -2.52. The largest absolute Gasteiger partial charge is 0.269 e. The third kappa shape index (κ3) is 2.35. The van der Waals surface area contributed by atoms with Gasteiger partial charge < -0.3 is 0 Å². The van der Waals surface area contributed by atoms with Crippen molar-refractivity contribution < 1.29 is 4.92 Å². The highest BCUT2D eigenvalue weighted by Gasteiger charge is 2.91. The van der Waals surface area contributed by atoms with Gasteiger partial charge in [-0.25, -0.2) is 0 Å². The Bertz CT molecular complexity index is 1340. The first-order valence-corrected chi connectivity index (χ1v) is 14.4. The molecule has 2 saturated carbocycles. The van der Waals surface area contributed by atoms with Gasteiger partial charge in [-0.3, -0.25) is 10.1 Å². The van der Waals surface area contributed by atoms with Gasteiger partial charge >= 0.3 is 0 Å². The SMILES string of the molecule is O=[N+]([O-])c1ccc2c(c1)[C@@H]1[C@@H]([C@@H]3[C@@H]2[C@]2(Cl)C(Cl)=C(Cl)[C@]3(Cl)C2(Cl)Cl)[C@]2(Cl)C(Cl)=C(Cl)[C@]1(Cl)C2(Cl)Cl. The number of alkyl halides is 8. The highest BCUT2D eigenvalue weighted by molar-refractivity contribution is 6.67. The van der Waals surface area contributed by atoms with E-state index in [-0.39, 0.29) is 25.8 Å². The molecule has 4 bridgehead atoms. The summed E-state index contributed by atoms with van der Waals surface area (Å²) in [6.07, 6.45) is 0. The minimum Gasteiger partial charge on any atom is -0.258 e. The van der Waals surface area contributed by atoms with Gasteiger partial charge in [0.05, 0.1) is 25.1 Å². The summed E-state index contributed by atoms with van der Waals surface area (Å²) in [4.78, 5) is 4.05. The number of non-ortho nitro benzene ring substituents is 1. The van der Waals surface area contributed by atoms with Crippen molar-refractivity contribution >= 4 is 145 Å². The van der Waals surface area contributed by atoms with Crippen molar-refractivity contribution in [2.24, 2.45) is 11.8 Å². The molecular weight excluding hydrogens is 712 g/mol. The van der Waals surface area contributed by atoms with E-state index in [1.54, 1.807) is 0 Å². The molecule has 0 spiro atoms. The predicted octanol–water partition coefficient (Wildman–Crippen LogP) is 9.70. The van der Waals surface area contributed by atoms with E-state index < -0.39 is 56.8 Å². The average molecular weight is 719 g/mol. The zero-order valence-electron chi connectivity index (χ0n) is 16.3. The molecule has 0 aliphatic heterocycles. The number of fused-ring (bicyclic) bond motifs is 14. The van der Waals surface area contributed by atoms with Crippen LogP contribution in [0.15, 0.2) is 38.3 Å². The van der Waals surface area contributed by atoms with Crippen molar-refractivity contribution in [2.45, 2.75) is 40.0 Å². The Morgan fingerprint density at radius 1 is 0.629 bits per heavy atom. The quantitative estimate of drug-likeness (QED) is 0.165. The number of allylic oxidation sites excluding steroid dienone is 4. The number of nitrogens with zero attached hydrogens (tertiary/aromatic N) is 1. The first kappa shape index (κ1) is 26.8. The van der Waals surface area contributed by atoms with Crippen molar-refractivity contribution in [3.8, 4) is 0 Å². The van der Waals surface area contributed by atoms with Crippen LogP contribution in [-0.2, 0) is 0 Å². The van der Waals surface area contributed by atoms with Crippen LogP contribution in [0.5, 0.6) is 0 Å². The fraction of sp³-hybridized carbons (Fsp3) is 0.500. The molecule has 1 aromatic rings. The van der Waals surface area contributed by atoms with Gasteiger partial charge in [0.25, 0.3) is 5.69 Å². The predicted molar refractivity (Wildman–Crippen MR) is 146 cm³/mol. The summed E-state index contributed by atoms with van der Waals surface area (Å²) in [6, 6.07) is 4.20. The van der Waals surface area contributed by atoms with E-state index in [1.165, 1.54) is 18.2 Å². The summed E-state index contributed by atoms with van der Waals surface area (Å²) >= 11 is 82.9. The number of halogens is 12. The van der Waals surface area contributed by atoms with Crippen molar-refractivity contribution in [2.75, 3.05) is 0 Å². The summed E-state index contributed by atoms with van der Waals surface area (Å²) in [5.41, 5.74) is 0.669. The van der Waals surface area contributed by atoms with Gasteiger partial charge in [-0.2, -0.15) is 0 Å². The van der Waals surface area contributed by atoms with E-state index in [2.05, 4.69) is 0 Å². The van der Waals surface area contributed by atoms with E-state index >= 15 is 0 Å². The van der Waals surface area contributed by atoms with Gasteiger partial charge in [0, 0.05) is 35.8 Å². The van der Waals surface area contributed by atoms with E-state index in [0.29, 0.717) is 11.1 Å². The van der Waals surface area contributed by atoms with Gasteiger partial charge in [0.15, 0.2) is 8.67 Å². The summed E-state index contributed by atoms with van der Waals surface area (Å²) in [7, 11) is 0. The Balaban J connectivity index is 1.79. The van der Waals surface area contributed by atoms with Crippen molar-refractivity contribution in [3.05, 3.63) is 59.6 Å². The number of rotatable bonds is 1. The maximum Gasteiger partial charge on any atom is 0.269 e. The zero-order chi connectivity index (χ0) is 26.0. The molecule has 5 aliphatic rings. The second kappa shape index (κ2) is 7.25. The highest BCUT2D eigenvalue weighted by Crippen LogP contribution is 2.88. The third-order valence-electron chi connectivity index (χ3n) is 8.32. The summed E-state index contributed by atoms with van der Waals surface area (Å²) in [6.45, 7) is 0. The molecule has 0 unspecified atom stereocenters. The molecule has 0 aromatic heterocycles. The zero-order valence-corrected chi connectivity index (χ0v) is 25.4. The van der Waals surface area contributed by atoms with Crippen LogP contribution in [-0.4, -0.2) is 33.1 Å². The van der Waals surface area contributed by atoms with Crippen LogP contribution < -0.4 is 0 Å². The molecule has 15 heteroatoms. The van der Waals surface area contributed by atoms with Crippen molar-refractivity contribution in [1.29, 1.82) is 0 Å². The maximum atomic E-state index is 11.7. The van der Waals surface area contributed by atoms with Crippen LogP contribution in [0.2, 0.25) is 0 Å². The smallest absolute Gasteiger partial charge is 0.258 e. The molecule has 5 aliphatic carbocycles. The molecule has 8 atom stereocenters. The Hall–Kier alpha value is 1.58. The molecule has 1 aromatic carbocycles. The minimum absolute atomic E-state index is 0.0418. The topological polar surface area (TPSA) is 43.1 Å². The lowest BCUT2D eigenvalue weighted by atomic mass is 9.57. The van der Waals surface area contributed by atoms with Gasteiger partial charge in [-0.05, 0) is 11.1 Å². The summed E-state index contributed by atoms with van der Waals surface area (Å²) in [5, 5.41) is 11.4. The molecule has 0 amide bonds. The van der Waals surface area contributed by atoms with E-state index in [0.717, 1.165) is 0 Å². The molecular formula is C20H7Cl12NO2. The van der Waals surface area contributed by atoms with Crippen LogP contribution in [0.4, 0.5) is 5.69 Å². The number of nitro groups is 1. The number of nitro benzene ring substituents is 1. The van der Waals surface area contributed by atoms with Crippen LogP contribution >= 0.6 is 139 Å². The summed E-state index contributed by atoms with van der Waals surface area (Å²) < 4.78 is -3.93. The van der Waals surface area contributed by atoms with E-state index in [4.69, 9.17) is 139 Å². The second-order valence-electron chi connectivity index (χ2n) is 9.33. The Morgan fingerprint density at radius 2 is 1.00 bits per heavy atom. The highest BCUT2D eigenvalue weighted by atomic mass is 35.5. The lowest BCUT2D eigenvalue weighted by Crippen LogP contribution is -2.53. The standard InChI is InChI=1S/C20H7Cl12NO2/c21-11-13(23)17(27)9-7(15(11,25)19(17,29)30)5-2-1-4(33(34)35)3-6(5)8-10(9)18(28)14(24)12(22)16(8,26)20(18,31)32/h1-3,7-10H/t7-,8-,9+,10+,15+,16+,17+,18+/m1/s1. The Kier molecular flexibility index (Phi) is 5.55. The van der Waals surface area contributed by atoms with Crippen LogP contribution in [0.25, 0.3) is 0 Å². The molecule has 188 valence electrons. The molecule has 2 fully saturated rings. The van der Waals surface area contributed by atoms with E-state index in [1.807, 2.05) is 0 Å². The monoisotopic (exact) mass is 713 g/mol. The molecule has 0 saturated heterocycles. The van der Waals surface area contributed by atoms with Crippen LogP contribution in [0.3, 0.4) is 0 Å². The first-order chi connectivity index (χ1) is 15.9. The Labute approximate surface area is 258 Å². The number of hydrogen-bond donors (Lipinski definition) is 0. The minimum atomic E-state index is -1.99. The van der Waals surface area contributed by atoms with Crippen LogP contribution in [0.1, 0.15) is 23.0 Å². The normalized spacial score (nSPS) is 47.8. The molecule has 35 heavy (non-hydrogen) atoms. The van der Waals surface area contributed by atoms with Gasteiger partial charge in [0.2, 0.25) is 0 Å².